The van der Waals surface area contributed by atoms with Crippen LogP contribution in [0.15, 0.2) is 65.8 Å². The number of benzene rings is 3. The number of methoxy groups -OCH3 is 2. The largest absolute Gasteiger partial charge is 0.493 e. The molecule has 0 aliphatic carbocycles. The summed E-state index contributed by atoms with van der Waals surface area (Å²) in [5.74, 6) is -2.39. The zero-order valence-corrected chi connectivity index (χ0v) is 18.2. The molecule has 0 bridgehead atoms. The summed E-state index contributed by atoms with van der Waals surface area (Å²) < 4.78 is 23.2. The van der Waals surface area contributed by atoms with Crippen LogP contribution in [0.4, 0.5) is 10.1 Å². The van der Waals surface area contributed by atoms with E-state index >= 15 is 0 Å². The molecule has 0 aliphatic rings. The van der Waals surface area contributed by atoms with Gasteiger partial charge in [-0.15, -0.1) is 0 Å². The minimum absolute atomic E-state index is 0.0311. The van der Waals surface area contributed by atoms with Gasteiger partial charge in [0.25, 0.3) is 11.8 Å². The predicted octanol–water partition coefficient (Wildman–Crippen LogP) is 3.56. The molecule has 174 valence electrons. The van der Waals surface area contributed by atoms with Crippen LogP contribution in [0, 0.1) is 5.82 Å². The average molecular weight is 465 g/mol. The highest BCUT2D eigenvalue weighted by Crippen LogP contribution is 2.32. The van der Waals surface area contributed by atoms with Crippen LogP contribution in [0.1, 0.15) is 36.6 Å². The molecule has 0 aromatic heterocycles. The summed E-state index contributed by atoms with van der Waals surface area (Å²) in [5, 5.41) is 16.0. The highest BCUT2D eigenvalue weighted by molar-refractivity contribution is 6.05. The zero-order chi connectivity index (χ0) is 24.7. The molecular weight excluding hydrogens is 445 g/mol. The fourth-order valence-electron chi connectivity index (χ4n) is 3.00. The number of carbonyl (C=O) groups is 3. The van der Waals surface area contributed by atoms with Crippen LogP contribution in [-0.4, -0.2) is 43.3 Å². The number of hydrazone groups is 1. The summed E-state index contributed by atoms with van der Waals surface area (Å²) in [5.41, 5.74) is 3.32. The molecule has 0 heterocycles. The second-order valence-electron chi connectivity index (χ2n) is 6.81. The van der Waals surface area contributed by atoms with Crippen molar-refractivity contribution < 1.29 is 33.4 Å². The van der Waals surface area contributed by atoms with Crippen LogP contribution < -0.4 is 20.2 Å². The lowest BCUT2D eigenvalue weighted by Crippen LogP contribution is -2.18. The van der Waals surface area contributed by atoms with Gasteiger partial charge in [0.05, 0.1) is 20.4 Å². The number of carboxylic acids is 1. The first kappa shape index (κ1) is 23.9. The highest BCUT2D eigenvalue weighted by atomic mass is 19.1. The normalized spacial score (nSPS) is 10.6. The molecule has 0 spiro atoms. The summed E-state index contributed by atoms with van der Waals surface area (Å²) >= 11 is 0. The lowest BCUT2D eigenvalue weighted by molar-refractivity contribution is 0.0692. The summed E-state index contributed by atoms with van der Waals surface area (Å²) in [6.45, 7) is 0. The van der Waals surface area contributed by atoms with Crippen molar-refractivity contribution in [3.05, 3.63) is 88.7 Å². The third kappa shape index (κ3) is 5.54. The average Bonchev–Trinajstić information content (AvgIpc) is 2.84. The van der Waals surface area contributed by atoms with Crippen molar-refractivity contribution >= 4 is 29.7 Å². The zero-order valence-electron chi connectivity index (χ0n) is 18.2. The van der Waals surface area contributed by atoms with Gasteiger partial charge in [-0.05, 0) is 60.7 Å². The molecule has 9 nitrogen and oxygen atoms in total. The molecule has 0 radical (unpaired) electrons. The molecular formula is C24H20FN3O6. The number of ether oxygens (including phenoxy) is 2. The van der Waals surface area contributed by atoms with Gasteiger partial charge in [0.2, 0.25) is 0 Å². The maximum absolute atomic E-state index is 13.0. The van der Waals surface area contributed by atoms with Crippen LogP contribution in [-0.2, 0) is 0 Å². The minimum Gasteiger partial charge on any atom is -0.493 e. The van der Waals surface area contributed by atoms with Gasteiger partial charge in [-0.25, -0.2) is 14.6 Å². The fourth-order valence-corrected chi connectivity index (χ4v) is 3.00. The molecule has 3 rings (SSSR count). The smallest absolute Gasteiger partial charge is 0.340 e. The molecule has 2 amide bonds. The number of amides is 2. The number of rotatable bonds is 8. The van der Waals surface area contributed by atoms with E-state index in [2.05, 4.69) is 15.8 Å². The summed E-state index contributed by atoms with van der Waals surface area (Å²) in [6.07, 6.45) is 1.18. The van der Waals surface area contributed by atoms with Gasteiger partial charge in [-0.1, -0.05) is 0 Å². The predicted molar refractivity (Wildman–Crippen MR) is 122 cm³/mol. The van der Waals surface area contributed by atoms with E-state index in [-0.39, 0.29) is 33.8 Å². The third-order valence-electron chi connectivity index (χ3n) is 4.67. The van der Waals surface area contributed by atoms with Gasteiger partial charge in [0.15, 0.2) is 11.5 Å². The fraction of sp³-hybridized carbons (Fsp3) is 0.0833. The molecule has 34 heavy (non-hydrogen) atoms. The summed E-state index contributed by atoms with van der Waals surface area (Å²) in [6, 6.07) is 14.1. The molecule has 0 fully saturated rings. The number of carbonyl (C=O) groups excluding carboxylic acids is 2. The SMILES string of the molecule is COc1ccc(C=NNC(=O)c2ccc(NC(=O)c3ccc(F)cc3)cc2)c(C(=O)O)c1OC. The Hall–Kier alpha value is -4.73. The van der Waals surface area contributed by atoms with Crippen molar-refractivity contribution in [2.24, 2.45) is 5.10 Å². The first-order chi connectivity index (χ1) is 16.3. The summed E-state index contributed by atoms with van der Waals surface area (Å²) in [4.78, 5) is 36.2. The molecule has 0 saturated heterocycles. The first-order valence-corrected chi connectivity index (χ1v) is 9.82. The number of carboxylic acid groups (broad SMARTS) is 1. The Labute approximate surface area is 193 Å². The third-order valence-corrected chi connectivity index (χ3v) is 4.67. The topological polar surface area (TPSA) is 126 Å². The molecule has 3 aromatic rings. The molecule has 0 saturated carbocycles. The Morgan fingerprint density at radius 1 is 0.882 bits per heavy atom. The Balaban J connectivity index is 1.67. The van der Waals surface area contributed by atoms with E-state index in [0.717, 1.165) is 0 Å². The van der Waals surface area contributed by atoms with Gasteiger partial charge >= 0.3 is 5.97 Å². The Kier molecular flexibility index (Phi) is 7.55. The van der Waals surface area contributed by atoms with Crippen molar-refractivity contribution in [2.45, 2.75) is 0 Å². The van der Waals surface area contributed by atoms with Crippen LogP contribution in [0.3, 0.4) is 0 Å². The molecule has 3 N–H and O–H groups in total. The van der Waals surface area contributed by atoms with Crippen molar-refractivity contribution in [2.75, 3.05) is 19.5 Å². The van der Waals surface area contributed by atoms with Gasteiger partial charge in [-0.3, -0.25) is 9.59 Å². The van der Waals surface area contributed by atoms with E-state index in [9.17, 15) is 23.9 Å². The minimum atomic E-state index is -1.25. The van der Waals surface area contributed by atoms with Crippen molar-refractivity contribution in [1.82, 2.24) is 5.43 Å². The van der Waals surface area contributed by atoms with Crippen LogP contribution in [0.2, 0.25) is 0 Å². The highest BCUT2D eigenvalue weighted by Gasteiger charge is 2.20. The Bertz CT molecular complexity index is 1240. The van der Waals surface area contributed by atoms with Crippen molar-refractivity contribution in [3.63, 3.8) is 0 Å². The van der Waals surface area contributed by atoms with E-state index in [1.807, 2.05) is 0 Å². The van der Waals surface area contributed by atoms with Crippen LogP contribution in [0.5, 0.6) is 11.5 Å². The molecule has 0 atom stereocenters. The number of nitrogens with zero attached hydrogens (tertiary/aromatic N) is 1. The number of hydrogen-bond acceptors (Lipinski definition) is 6. The van der Waals surface area contributed by atoms with Crippen LogP contribution in [0.25, 0.3) is 0 Å². The van der Waals surface area contributed by atoms with Gasteiger partial charge in [0.1, 0.15) is 11.4 Å². The number of aromatic carboxylic acids is 1. The maximum Gasteiger partial charge on any atom is 0.340 e. The van der Waals surface area contributed by atoms with Crippen LogP contribution >= 0.6 is 0 Å². The second kappa shape index (κ2) is 10.7. The lowest BCUT2D eigenvalue weighted by Gasteiger charge is -2.12. The monoisotopic (exact) mass is 465 g/mol. The van der Waals surface area contributed by atoms with E-state index < -0.39 is 23.6 Å². The van der Waals surface area contributed by atoms with Gasteiger partial charge in [-0.2, -0.15) is 5.10 Å². The Morgan fingerprint density at radius 3 is 2.09 bits per heavy atom. The molecule has 0 unspecified atom stereocenters. The standard InChI is InChI=1S/C24H20FN3O6/c1-33-19-12-7-16(20(24(31)32)21(19)34-2)13-26-28-23(30)15-5-10-18(11-6-15)27-22(29)14-3-8-17(25)9-4-14/h3-13H,1-2H3,(H,27,29)(H,28,30)(H,31,32). The number of anilines is 1. The lowest BCUT2D eigenvalue weighted by atomic mass is 10.1. The van der Waals surface area contributed by atoms with E-state index in [1.54, 1.807) is 0 Å². The molecule has 3 aromatic carbocycles. The number of halogens is 1. The van der Waals surface area contributed by atoms with E-state index in [1.165, 1.54) is 81.1 Å². The molecule has 10 heteroatoms. The molecule has 0 aliphatic heterocycles. The van der Waals surface area contributed by atoms with Gasteiger partial charge < -0.3 is 19.9 Å². The van der Waals surface area contributed by atoms with E-state index in [4.69, 9.17) is 9.47 Å². The second-order valence-corrected chi connectivity index (χ2v) is 6.81. The number of nitrogens with one attached hydrogen (secondary N) is 2. The maximum atomic E-state index is 13.0. The summed E-state index contributed by atoms with van der Waals surface area (Å²) in [7, 11) is 2.70. The van der Waals surface area contributed by atoms with Gasteiger partial charge in [0, 0.05) is 22.4 Å². The van der Waals surface area contributed by atoms with E-state index in [0.29, 0.717) is 5.69 Å². The number of hydrogen-bond donors (Lipinski definition) is 3. The van der Waals surface area contributed by atoms with Crippen molar-refractivity contribution in [3.8, 4) is 11.5 Å². The Morgan fingerprint density at radius 2 is 1.50 bits per heavy atom. The first-order valence-electron chi connectivity index (χ1n) is 9.82. The van der Waals surface area contributed by atoms with Crippen molar-refractivity contribution in [1.29, 1.82) is 0 Å². The quantitative estimate of drug-likeness (QED) is 0.345.